The quantitative estimate of drug-likeness (QED) is 0.780. The molecule has 0 aromatic heterocycles. The molecule has 118 valence electrons. The fourth-order valence-electron chi connectivity index (χ4n) is 2.72. The first kappa shape index (κ1) is 14.1. The molecule has 0 bridgehead atoms. The summed E-state index contributed by atoms with van der Waals surface area (Å²) < 4.78 is 10.6. The van der Waals surface area contributed by atoms with Gasteiger partial charge in [0.25, 0.3) is 0 Å². The van der Waals surface area contributed by atoms with Gasteiger partial charge in [0, 0.05) is 5.57 Å². The molecule has 0 unspecified atom stereocenters. The molecule has 2 aliphatic rings. The van der Waals surface area contributed by atoms with Crippen LogP contribution < -0.4 is 19.9 Å². The zero-order valence-electron chi connectivity index (χ0n) is 12.2. The Labute approximate surface area is 133 Å². The van der Waals surface area contributed by atoms with Gasteiger partial charge in [-0.1, -0.05) is 24.3 Å². The van der Waals surface area contributed by atoms with Gasteiger partial charge < -0.3 is 19.7 Å². The SMILES string of the molecule is O[C@H]1NN(c2ccccc2)[C@@H](O)/C1=C\c1ccc2c(c1)OCO2. The number of hydrazine groups is 1. The van der Waals surface area contributed by atoms with Gasteiger partial charge in [0.1, 0.15) is 6.23 Å². The van der Waals surface area contributed by atoms with Gasteiger partial charge in [-0.05, 0) is 35.9 Å². The largest absolute Gasteiger partial charge is 0.454 e. The van der Waals surface area contributed by atoms with Crippen molar-refractivity contribution in [1.82, 2.24) is 5.43 Å². The molecule has 2 aromatic carbocycles. The third-order valence-corrected chi connectivity index (χ3v) is 3.88. The first-order chi connectivity index (χ1) is 11.2. The van der Waals surface area contributed by atoms with Gasteiger partial charge in [-0.3, -0.25) is 5.01 Å². The lowest BCUT2D eigenvalue weighted by Crippen LogP contribution is -2.39. The van der Waals surface area contributed by atoms with Crippen LogP contribution in [0.4, 0.5) is 5.69 Å². The van der Waals surface area contributed by atoms with E-state index in [1.807, 2.05) is 48.5 Å². The van der Waals surface area contributed by atoms with Crippen molar-refractivity contribution in [3.63, 3.8) is 0 Å². The van der Waals surface area contributed by atoms with E-state index in [0.717, 1.165) is 11.3 Å². The third kappa shape index (κ3) is 2.53. The Morgan fingerprint density at radius 1 is 1.04 bits per heavy atom. The third-order valence-electron chi connectivity index (χ3n) is 3.88. The molecule has 0 aliphatic carbocycles. The van der Waals surface area contributed by atoms with Crippen molar-refractivity contribution < 1.29 is 19.7 Å². The van der Waals surface area contributed by atoms with Crippen molar-refractivity contribution >= 4 is 11.8 Å². The van der Waals surface area contributed by atoms with Crippen molar-refractivity contribution in [2.45, 2.75) is 12.5 Å². The van der Waals surface area contributed by atoms with E-state index in [4.69, 9.17) is 9.47 Å². The van der Waals surface area contributed by atoms with Crippen LogP contribution in [0, 0.1) is 0 Å². The molecular formula is C17H16N2O4. The van der Waals surface area contributed by atoms with Crippen LogP contribution in [-0.2, 0) is 0 Å². The van der Waals surface area contributed by atoms with Crippen LogP contribution in [0.1, 0.15) is 5.56 Å². The van der Waals surface area contributed by atoms with Gasteiger partial charge in [-0.25, -0.2) is 0 Å². The monoisotopic (exact) mass is 312 g/mol. The molecular weight excluding hydrogens is 296 g/mol. The number of nitrogens with zero attached hydrogens (tertiary/aromatic N) is 1. The second-order valence-electron chi connectivity index (χ2n) is 5.37. The zero-order valence-corrected chi connectivity index (χ0v) is 12.2. The van der Waals surface area contributed by atoms with Gasteiger partial charge in [0.05, 0.1) is 5.69 Å². The highest BCUT2D eigenvalue weighted by atomic mass is 16.7. The Kier molecular flexibility index (Phi) is 3.42. The highest BCUT2D eigenvalue weighted by Crippen LogP contribution is 2.34. The maximum atomic E-state index is 10.5. The number of ether oxygens (including phenoxy) is 2. The fourth-order valence-corrected chi connectivity index (χ4v) is 2.72. The highest BCUT2D eigenvalue weighted by molar-refractivity contribution is 5.62. The van der Waals surface area contributed by atoms with E-state index in [2.05, 4.69) is 5.43 Å². The molecule has 2 aliphatic heterocycles. The number of nitrogens with one attached hydrogen (secondary N) is 1. The fraction of sp³-hybridized carbons (Fsp3) is 0.176. The number of rotatable bonds is 2. The smallest absolute Gasteiger partial charge is 0.231 e. The molecule has 1 fully saturated rings. The Morgan fingerprint density at radius 2 is 1.83 bits per heavy atom. The molecule has 6 nitrogen and oxygen atoms in total. The summed E-state index contributed by atoms with van der Waals surface area (Å²) >= 11 is 0. The minimum absolute atomic E-state index is 0.212. The highest BCUT2D eigenvalue weighted by Gasteiger charge is 2.34. The second kappa shape index (κ2) is 5.58. The molecule has 0 spiro atoms. The number of benzene rings is 2. The number of anilines is 1. The second-order valence-corrected chi connectivity index (χ2v) is 5.37. The number of para-hydroxylation sites is 1. The van der Waals surface area contributed by atoms with Gasteiger partial charge in [0.15, 0.2) is 17.7 Å². The van der Waals surface area contributed by atoms with Crippen LogP contribution in [0.25, 0.3) is 6.08 Å². The molecule has 2 heterocycles. The average Bonchev–Trinajstić information content (AvgIpc) is 3.15. The lowest BCUT2D eigenvalue weighted by molar-refractivity contribution is 0.174. The summed E-state index contributed by atoms with van der Waals surface area (Å²) in [4.78, 5) is 0. The molecule has 1 saturated heterocycles. The van der Waals surface area contributed by atoms with Crippen LogP contribution in [-0.4, -0.2) is 29.5 Å². The van der Waals surface area contributed by atoms with Crippen LogP contribution in [0.2, 0.25) is 0 Å². The molecule has 0 amide bonds. The van der Waals surface area contributed by atoms with Gasteiger partial charge in [-0.15, -0.1) is 0 Å². The van der Waals surface area contributed by atoms with Gasteiger partial charge in [0.2, 0.25) is 6.79 Å². The van der Waals surface area contributed by atoms with Crippen molar-refractivity contribution in [2.75, 3.05) is 11.8 Å². The molecule has 0 radical (unpaired) electrons. The van der Waals surface area contributed by atoms with Crippen LogP contribution in [0.5, 0.6) is 11.5 Å². The standard InChI is InChI=1S/C17H16N2O4/c20-16-13(8-11-6-7-14-15(9-11)23-10-22-14)17(21)19(18-16)12-4-2-1-3-5-12/h1-9,16-18,20-21H,10H2/b13-8-/t16-,17+/m1/s1. The molecule has 2 aromatic rings. The van der Waals surface area contributed by atoms with E-state index in [0.29, 0.717) is 17.1 Å². The van der Waals surface area contributed by atoms with E-state index >= 15 is 0 Å². The summed E-state index contributed by atoms with van der Waals surface area (Å²) in [6.07, 6.45) is -0.179. The number of hydrogen-bond acceptors (Lipinski definition) is 6. The topological polar surface area (TPSA) is 74.2 Å². The van der Waals surface area contributed by atoms with Crippen LogP contribution in [0.15, 0.2) is 54.1 Å². The Hall–Kier alpha value is -2.54. The van der Waals surface area contributed by atoms with E-state index < -0.39 is 12.5 Å². The summed E-state index contributed by atoms with van der Waals surface area (Å²) in [5.74, 6) is 1.36. The molecule has 4 rings (SSSR count). The van der Waals surface area contributed by atoms with E-state index in [1.165, 1.54) is 5.01 Å². The van der Waals surface area contributed by atoms with Crippen molar-refractivity contribution in [1.29, 1.82) is 0 Å². The summed E-state index contributed by atoms with van der Waals surface area (Å²) in [6, 6.07) is 14.8. The van der Waals surface area contributed by atoms with E-state index in [9.17, 15) is 10.2 Å². The normalized spacial score (nSPS) is 24.4. The number of fused-ring (bicyclic) bond motifs is 1. The Balaban J connectivity index is 1.63. The van der Waals surface area contributed by atoms with Crippen LogP contribution in [0.3, 0.4) is 0 Å². The Morgan fingerprint density at radius 3 is 2.65 bits per heavy atom. The van der Waals surface area contributed by atoms with Crippen molar-refractivity contribution in [3.8, 4) is 11.5 Å². The summed E-state index contributed by atoms with van der Waals surface area (Å²) in [5, 5.41) is 22.2. The number of hydrogen-bond donors (Lipinski definition) is 3. The number of aliphatic hydroxyl groups excluding tert-OH is 2. The van der Waals surface area contributed by atoms with Crippen molar-refractivity contribution in [3.05, 3.63) is 59.7 Å². The maximum absolute atomic E-state index is 10.5. The van der Waals surface area contributed by atoms with Gasteiger partial charge >= 0.3 is 0 Å². The molecule has 0 saturated carbocycles. The average molecular weight is 312 g/mol. The first-order valence-corrected chi connectivity index (χ1v) is 7.30. The summed E-state index contributed by atoms with van der Waals surface area (Å²) in [5.41, 5.74) is 4.91. The van der Waals surface area contributed by atoms with Gasteiger partial charge in [-0.2, -0.15) is 5.43 Å². The van der Waals surface area contributed by atoms with Crippen molar-refractivity contribution in [2.24, 2.45) is 0 Å². The lowest BCUT2D eigenvalue weighted by Gasteiger charge is -2.21. The maximum Gasteiger partial charge on any atom is 0.231 e. The predicted molar refractivity (Wildman–Crippen MR) is 84.6 cm³/mol. The van der Waals surface area contributed by atoms with Crippen LogP contribution >= 0.6 is 0 Å². The first-order valence-electron chi connectivity index (χ1n) is 7.30. The molecule has 6 heteroatoms. The molecule has 23 heavy (non-hydrogen) atoms. The minimum Gasteiger partial charge on any atom is -0.454 e. The summed E-state index contributed by atoms with van der Waals surface area (Å²) in [6.45, 7) is 0.212. The zero-order chi connectivity index (χ0) is 15.8. The minimum atomic E-state index is -0.962. The van der Waals surface area contributed by atoms with E-state index in [-0.39, 0.29) is 6.79 Å². The molecule has 2 atom stereocenters. The summed E-state index contributed by atoms with van der Waals surface area (Å²) in [7, 11) is 0. The Bertz CT molecular complexity index is 748. The predicted octanol–water partition coefficient (Wildman–Crippen LogP) is 1.46. The molecule has 3 N–H and O–H groups in total. The number of aliphatic hydroxyl groups is 2. The van der Waals surface area contributed by atoms with E-state index in [1.54, 1.807) is 6.08 Å². The lowest BCUT2D eigenvalue weighted by atomic mass is 10.1.